The summed E-state index contributed by atoms with van der Waals surface area (Å²) < 4.78 is 0. The number of carboxylic acids is 1. The standard InChI is InChI=1S/C13H16N2O4/c1-8(12(17)15-9(2)13(18)19)14-7-10-5-3-4-6-11(10)16/h3-9,16H,1-2H3,(H,15,17)(H,18,19)/t8-,9-/m0/s1. The van der Waals surface area contributed by atoms with Crippen LogP contribution in [0.15, 0.2) is 29.3 Å². The summed E-state index contributed by atoms with van der Waals surface area (Å²) in [5.41, 5.74) is 0.494. The smallest absolute Gasteiger partial charge is 0.325 e. The Kier molecular flexibility index (Phi) is 5.05. The summed E-state index contributed by atoms with van der Waals surface area (Å²) in [5.74, 6) is -1.52. The van der Waals surface area contributed by atoms with Gasteiger partial charge in [0.1, 0.15) is 17.8 Å². The summed E-state index contributed by atoms with van der Waals surface area (Å²) >= 11 is 0. The Hall–Kier alpha value is -2.37. The van der Waals surface area contributed by atoms with Crippen LogP contribution >= 0.6 is 0 Å². The molecule has 2 atom stereocenters. The molecule has 0 bridgehead atoms. The number of hydrogen-bond donors (Lipinski definition) is 3. The molecule has 0 aliphatic heterocycles. The van der Waals surface area contributed by atoms with Crippen molar-refractivity contribution in [3.05, 3.63) is 29.8 Å². The molecule has 1 aromatic carbocycles. The summed E-state index contributed by atoms with van der Waals surface area (Å²) in [7, 11) is 0. The molecule has 3 N–H and O–H groups in total. The van der Waals surface area contributed by atoms with Crippen LogP contribution in [0.5, 0.6) is 5.75 Å². The van der Waals surface area contributed by atoms with Gasteiger partial charge in [0.05, 0.1) is 0 Å². The van der Waals surface area contributed by atoms with E-state index in [0.717, 1.165) is 0 Å². The van der Waals surface area contributed by atoms with E-state index < -0.39 is 24.0 Å². The van der Waals surface area contributed by atoms with Crippen LogP contribution in [0.4, 0.5) is 0 Å². The van der Waals surface area contributed by atoms with E-state index in [1.165, 1.54) is 19.2 Å². The highest BCUT2D eigenvalue weighted by Gasteiger charge is 2.17. The number of benzene rings is 1. The first-order valence-electron chi connectivity index (χ1n) is 5.76. The molecule has 0 spiro atoms. The number of aliphatic imine (C=N–C) groups is 1. The highest BCUT2D eigenvalue weighted by molar-refractivity contribution is 5.90. The van der Waals surface area contributed by atoms with Crippen LogP contribution in [0.3, 0.4) is 0 Å². The second-order valence-electron chi connectivity index (χ2n) is 4.08. The summed E-state index contributed by atoms with van der Waals surface area (Å²) in [5, 5.41) is 20.5. The van der Waals surface area contributed by atoms with E-state index in [1.807, 2.05) is 0 Å². The van der Waals surface area contributed by atoms with Gasteiger partial charge in [-0.2, -0.15) is 0 Å². The molecule has 0 saturated heterocycles. The molecule has 19 heavy (non-hydrogen) atoms. The van der Waals surface area contributed by atoms with Crippen LogP contribution in [0.25, 0.3) is 0 Å². The van der Waals surface area contributed by atoms with Crippen molar-refractivity contribution in [1.29, 1.82) is 0 Å². The molecule has 6 nitrogen and oxygen atoms in total. The van der Waals surface area contributed by atoms with Gasteiger partial charge in [-0.05, 0) is 26.0 Å². The van der Waals surface area contributed by atoms with Crippen LogP contribution in [-0.4, -0.2) is 40.4 Å². The molecular weight excluding hydrogens is 248 g/mol. The van der Waals surface area contributed by atoms with Crippen molar-refractivity contribution in [3.8, 4) is 5.75 Å². The van der Waals surface area contributed by atoms with Gasteiger partial charge in [0, 0.05) is 11.8 Å². The fourth-order valence-electron chi connectivity index (χ4n) is 1.25. The summed E-state index contributed by atoms with van der Waals surface area (Å²) in [4.78, 5) is 26.2. The summed E-state index contributed by atoms with van der Waals surface area (Å²) in [6, 6.07) is 4.88. The first-order valence-corrected chi connectivity index (χ1v) is 5.76. The molecule has 0 aromatic heterocycles. The number of carboxylic acid groups (broad SMARTS) is 1. The Bertz CT molecular complexity index is 499. The van der Waals surface area contributed by atoms with E-state index in [9.17, 15) is 14.7 Å². The predicted molar refractivity (Wildman–Crippen MR) is 70.4 cm³/mol. The number of phenolic OH excluding ortho intramolecular Hbond substituents is 1. The SMILES string of the molecule is C[C@H](N=Cc1ccccc1O)C(=O)N[C@@H](C)C(=O)O. The van der Waals surface area contributed by atoms with Crippen LogP contribution in [0.2, 0.25) is 0 Å². The van der Waals surface area contributed by atoms with Crippen molar-refractivity contribution >= 4 is 18.1 Å². The second-order valence-corrected chi connectivity index (χ2v) is 4.08. The summed E-state index contributed by atoms with van der Waals surface area (Å²) in [6.07, 6.45) is 1.38. The Morgan fingerprint density at radius 3 is 2.53 bits per heavy atom. The number of nitrogens with zero attached hydrogens (tertiary/aromatic N) is 1. The van der Waals surface area contributed by atoms with E-state index in [2.05, 4.69) is 10.3 Å². The molecule has 0 aliphatic rings. The number of carbonyl (C=O) groups is 2. The molecule has 0 unspecified atom stereocenters. The first kappa shape index (κ1) is 14.7. The maximum atomic E-state index is 11.6. The number of para-hydroxylation sites is 1. The molecular formula is C13H16N2O4. The Labute approximate surface area is 110 Å². The lowest BCUT2D eigenvalue weighted by Crippen LogP contribution is -2.42. The van der Waals surface area contributed by atoms with Crippen molar-refractivity contribution in [2.75, 3.05) is 0 Å². The van der Waals surface area contributed by atoms with E-state index in [1.54, 1.807) is 25.1 Å². The topological polar surface area (TPSA) is 99.0 Å². The van der Waals surface area contributed by atoms with E-state index in [4.69, 9.17) is 5.11 Å². The maximum Gasteiger partial charge on any atom is 0.325 e. The largest absolute Gasteiger partial charge is 0.507 e. The Morgan fingerprint density at radius 1 is 1.32 bits per heavy atom. The number of amides is 1. The van der Waals surface area contributed by atoms with Crippen LogP contribution in [-0.2, 0) is 9.59 Å². The van der Waals surface area contributed by atoms with Gasteiger partial charge in [-0.3, -0.25) is 14.6 Å². The zero-order chi connectivity index (χ0) is 14.4. The minimum Gasteiger partial charge on any atom is -0.507 e. The second kappa shape index (κ2) is 6.53. The van der Waals surface area contributed by atoms with Gasteiger partial charge >= 0.3 is 5.97 Å². The van der Waals surface area contributed by atoms with Gasteiger partial charge in [0.2, 0.25) is 5.91 Å². The maximum absolute atomic E-state index is 11.6. The normalized spacial score (nSPS) is 14.0. The molecule has 1 aromatic rings. The fourth-order valence-corrected chi connectivity index (χ4v) is 1.25. The molecule has 102 valence electrons. The summed E-state index contributed by atoms with van der Waals surface area (Å²) in [6.45, 7) is 2.92. The average molecular weight is 264 g/mol. The van der Waals surface area contributed by atoms with Crippen LogP contribution in [0.1, 0.15) is 19.4 Å². The third-order valence-electron chi connectivity index (χ3n) is 2.48. The van der Waals surface area contributed by atoms with Gasteiger partial charge in [0.25, 0.3) is 0 Å². The zero-order valence-corrected chi connectivity index (χ0v) is 10.7. The molecule has 0 radical (unpaired) electrons. The van der Waals surface area contributed by atoms with Crippen molar-refractivity contribution in [2.24, 2.45) is 4.99 Å². The lowest BCUT2D eigenvalue weighted by atomic mass is 10.2. The monoisotopic (exact) mass is 264 g/mol. The van der Waals surface area contributed by atoms with Crippen molar-refractivity contribution in [1.82, 2.24) is 5.32 Å². The van der Waals surface area contributed by atoms with Crippen molar-refractivity contribution in [3.63, 3.8) is 0 Å². The molecule has 0 fully saturated rings. The van der Waals surface area contributed by atoms with E-state index in [0.29, 0.717) is 5.56 Å². The van der Waals surface area contributed by atoms with Crippen LogP contribution < -0.4 is 5.32 Å². The molecule has 6 heteroatoms. The van der Waals surface area contributed by atoms with Gasteiger partial charge in [0.15, 0.2) is 0 Å². The highest BCUT2D eigenvalue weighted by atomic mass is 16.4. The number of hydrogen-bond acceptors (Lipinski definition) is 4. The number of phenols is 1. The lowest BCUT2D eigenvalue weighted by Gasteiger charge is -2.11. The van der Waals surface area contributed by atoms with Crippen molar-refractivity contribution in [2.45, 2.75) is 25.9 Å². The van der Waals surface area contributed by atoms with E-state index >= 15 is 0 Å². The first-order chi connectivity index (χ1) is 8.91. The Morgan fingerprint density at radius 2 is 1.95 bits per heavy atom. The number of carbonyl (C=O) groups excluding carboxylic acids is 1. The number of aromatic hydroxyl groups is 1. The van der Waals surface area contributed by atoms with Gasteiger partial charge < -0.3 is 15.5 Å². The molecule has 0 heterocycles. The lowest BCUT2D eigenvalue weighted by molar-refractivity contribution is -0.141. The molecule has 0 aliphatic carbocycles. The van der Waals surface area contributed by atoms with Gasteiger partial charge in [-0.25, -0.2) is 0 Å². The minimum absolute atomic E-state index is 0.0674. The number of nitrogens with one attached hydrogen (secondary N) is 1. The molecule has 0 saturated carbocycles. The quantitative estimate of drug-likeness (QED) is 0.684. The number of aliphatic carboxylic acids is 1. The minimum atomic E-state index is -1.11. The zero-order valence-electron chi connectivity index (χ0n) is 10.7. The predicted octanol–water partition coefficient (Wildman–Crippen LogP) is 0.789. The van der Waals surface area contributed by atoms with Crippen LogP contribution in [0, 0.1) is 0 Å². The number of rotatable bonds is 5. The van der Waals surface area contributed by atoms with E-state index in [-0.39, 0.29) is 5.75 Å². The van der Waals surface area contributed by atoms with Crippen molar-refractivity contribution < 1.29 is 19.8 Å². The molecule has 1 amide bonds. The highest BCUT2D eigenvalue weighted by Crippen LogP contribution is 2.13. The van der Waals surface area contributed by atoms with Gasteiger partial charge in [-0.15, -0.1) is 0 Å². The third kappa shape index (κ3) is 4.42. The fraction of sp³-hybridized carbons (Fsp3) is 0.308. The average Bonchev–Trinajstić information content (AvgIpc) is 2.37. The third-order valence-corrected chi connectivity index (χ3v) is 2.48. The Balaban J connectivity index is 2.64. The van der Waals surface area contributed by atoms with Gasteiger partial charge in [-0.1, -0.05) is 12.1 Å². The molecule has 1 rings (SSSR count).